The Morgan fingerprint density at radius 1 is 1.32 bits per heavy atom. The number of hydrogen-bond donors (Lipinski definition) is 2. The third-order valence-electron chi connectivity index (χ3n) is 4.39. The van der Waals surface area contributed by atoms with E-state index in [0.29, 0.717) is 24.7 Å². The molecule has 0 amide bonds. The summed E-state index contributed by atoms with van der Waals surface area (Å²) >= 11 is 0. The Morgan fingerprint density at radius 3 is 2.57 bits per heavy atom. The van der Waals surface area contributed by atoms with Gasteiger partial charge in [-0.2, -0.15) is 8.78 Å². The molecule has 0 atom stereocenters. The van der Waals surface area contributed by atoms with E-state index in [9.17, 15) is 17.2 Å². The van der Waals surface area contributed by atoms with Crippen molar-refractivity contribution in [2.75, 3.05) is 32.2 Å². The molecule has 28 heavy (non-hydrogen) atoms. The molecule has 2 rings (SSSR count). The molecule has 0 bridgehead atoms. The lowest BCUT2D eigenvalue weighted by Crippen LogP contribution is -2.41. The lowest BCUT2D eigenvalue weighted by molar-refractivity contribution is -0.0520. The summed E-state index contributed by atoms with van der Waals surface area (Å²) in [5.74, 6) is 0.810. The highest BCUT2D eigenvalue weighted by molar-refractivity contribution is 7.90. The van der Waals surface area contributed by atoms with E-state index in [1.54, 1.807) is 32.2 Å². The van der Waals surface area contributed by atoms with Crippen LogP contribution in [0.1, 0.15) is 25.3 Å². The zero-order valence-electron chi connectivity index (χ0n) is 16.3. The van der Waals surface area contributed by atoms with Crippen molar-refractivity contribution in [3.05, 3.63) is 23.8 Å². The second-order valence-corrected chi connectivity index (χ2v) is 9.05. The van der Waals surface area contributed by atoms with Gasteiger partial charge in [-0.15, -0.1) is 0 Å². The topological polar surface area (TPSA) is 89.0 Å². The predicted molar refractivity (Wildman–Crippen MR) is 104 cm³/mol. The Balaban J connectivity index is 2.00. The molecule has 1 aromatic carbocycles. The van der Waals surface area contributed by atoms with Crippen molar-refractivity contribution in [1.29, 1.82) is 0 Å². The average Bonchev–Trinajstić information content (AvgIpc) is 3.35. The molecular weight excluding hydrogens is 392 g/mol. The minimum absolute atomic E-state index is 0.0157. The van der Waals surface area contributed by atoms with Crippen LogP contribution < -0.4 is 20.1 Å². The van der Waals surface area contributed by atoms with Gasteiger partial charge in [0, 0.05) is 37.4 Å². The molecule has 0 unspecified atom stereocenters. The number of aliphatic imine (C=N–C) groups is 1. The van der Waals surface area contributed by atoms with Gasteiger partial charge >= 0.3 is 6.61 Å². The first-order valence-electron chi connectivity index (χ1n) is 9.00. The summed E-state index contributed by atoms with van der Waals surface area (Å²) in [5, 5.41) is 6.16. The Bertz CT molecular complexity index is 796. The van der Waals surface area contributed by atoms with Crippen LogP contribution in [0.25, 0.3) is 0 Å². The van der Waals surface area contributed by atoms with Gasteiger partial charge < -0.3 is 20.1 Å². The quantitative estimate of drug-likeness (QED) is 0.446. The van der Waals surface area contributed by atoms with Gasteiger partial charge in [0.25, 0.3) is 0 Å². The van der Waals surface area contributed by atoms with Crippen LogP contribution in [0.15, 0.2) is 23.2 Å². The summed E-state index contributed by atoms with van der Waals surface area (Å²) in [6.45, 7) is -0.237. The Morgan fingerprint density at radius 2 is 2.04 bits per heavy atom. The fourth-order valence-corrected chi connectivity index (χ4v) is 4.47. The van der Waals surface area contributed by atoms with Crippen LogP contribution in [0.2, 0.25) is 0 Å². The van der Waals surface area contributed by atoms with Gasteiger partial charge in [-0.25, -0.2) is 8.42 Å². The molecule has 0 aliphatic heterocycles. The van der Waals surface area contributed by atoms with Gasteiger partial charge in [0.05, 0.1) is 12.4 Å². The summed E-state index contributed by atoms with van der Waals surface area (Å²) in [5.41, 5.74) is 0.232. The molecule has 0 radical (unpaired) electrons. The van der Waals surface area contributed by atoms with E-state index >= 15 is 0 Å². The number of ether oxygens (including phenoxy) is 2. The van der Waals surface area contributed by atoms with Crippen LogP contribution in [0.3, 0.4) is 0 Å². The Labute approximate surface area is 164 Å². The highest BCUT2D eigenvalue weighted by Gasteiger charge is 2.45. The summed E-state index contributed by atoms with van der Waals surface area (Å²) in [7, 11) is -1.48. The van der Waals surface area contributed by atoms with E-state index in [-0.39, 0.29) is 29.2 Å². The number of para-hydroxylation sites is 1. The summed E-state index contributed by atoms with van der Waals surface area (Å²) in [6, 6.07) is 4.92. The largest absolute Gasteiger partial charge is 0.490 e. The Kier molecular flexibility index (Phi) is 7.45. The van der Waals surface area contributed by atoms with Gasteiger partial charge in [-0.3, -0.25) is 4.99 Å². The molecule has 0 heterocycles. The summed E-state index contributed by atoms with van der Waals surface area (Å²) in [4.78, 5) is 4.10. The zero-order chi connectivity index (χ0) is 20.8. The predicted octanol–water partition coefficient (Wildman–Crippen LogP) is 2.18. The molecule has 1 saturated carbocycles. The number of halogens is 2. The van der Waals surface area contributed by atoms with E-state index in [1.165, 1.54) is 6.26 Å². The van der Waals surface area contributed by atoms with Gasteiger partial charge in [-0.1, -0.05) is 12.1 Å². The van der Waals surface area contributed by atoms with Crippen molar-refractivity contribution in [3.8, 4) is 11.5 Å². The van der Waals surface area contributed by atoms with Crippen molar-refractivity contribution in [2.45, 2.75) is 32.9 Å². The molecule has 1 aromatic rings. The van der Waals surface area contributed by atoms with Crippen molar-refractivity contribution in [2.24, 2.45) is 10.4 Å². The molecule has 1 fully saturated rings. The zero-order valence-corrected chi connectivity index (χ0v) is 17.1. The standard InChI is InChI=1S/C18H27F2N3O4S/c1-4-26-14-7-5-6-13(15(14)27-16(19)20)10-22-17(21-2)23-11-18(8-9-18)12-28(3,24)25/h5-7,16H,4,8-12H2,1-3H3,(H2,21,22,23). The van der Waals surface area contributed by atoms with E-state index in [1.807, 2.05) is 0 Å². The SMILES string of the molecule is CCOc1cccc(CNC(=NC)NCC2(CS(C)(=O)=O)CC2)c1OC(F)F. The van der Waals surface area contributed by atoms with E-state index in [2.05, 4.69) is 20.4 Å². The molecule has 158 valence electrons. The van der Waals surface area contributed by atoms with Gasteiger partial charge in [-0.05, 0) is 25.8 Å². The summed E-state index contributed by atoms with van der Waals surface area (Å²) < 4.78 is 58.7. The fourth-order valence-electron chi connectivity index (χ4n) is 2.97. The van der Waals surface area contributed by atoms with Gasteiger partial charge in [0.15, 0.2) is 17.5 Å². The average molecular weight is 419 g/mol. The minimum Gasteiger partial charge on any atom is -0.490 e. The maximum Gasteiger partial charge on any atom is 0.387 e. The number of nitrogens with zero attached hydrogens (tertiary/aromatic N) is 1. The molecule has 0 aromatic heterocycles. The summed E-state index contributed by atoms with van der Waals surface area (Å²) in [6.07, 6.45) is 2.91. The van der Waals surface area contributed by atoms with Gasteiger partial charge in [0.2, 0.25) is 0 Å². The first kappa shape index (κ1) is 22.2. The highest BCUT2D eigenvalue weighted by Crippen LogP contribution is 2.46. The van der Waals surface area contributed by atoms with E-state index in [0.717, 1.165) is 12.8 Å². The second-order valence-electron chi connectivity index (χ2n) is 6.91. The lowest BCUT2D eigenvalue weighted by Gasteiger charge is -2.19. The van der Waals surface area contributed by atoms with Crippen molar-refractivity contribution < 1.29 is 26.7 Å². The van der Waals surface area contributed by atoms with Gasteiger partial charge in [0.1, 0.15) is 9.84 Å². The van der Waals surface area contributed by atoms with Crippen LogP contribution in [0, 0.1) is 5.41 Å². The number of alkyl halides is 2. The third kappa shape index (κ3) is 6.81. The van der Waals surface area contributed by atoms with Crippen molar-refractivity contribution in [1.82, 2.24) is 10.6 Å². The maximum absolute atomic E-state index is 12.8. The van der Waals surface area contributed by atoms with Crippen LogP contribution in [0.5, 0.6) is 11.5 Å². The van der Waals surface area contributed by atoms with Crippen LogP contribution in [-0.4, -0.2) is 53.2 Å². The van der Waals surface area contributed by atoms with E-state index in [4.69, 9.17) is 4.74 Å². The van der Waals surface area contributed by atoms with E-state index < -0.39 is 16.4 Å². The number of hydrogen-bond acceptors (Lipinski definition) is 5. The molecule has 7 nitrogen and oxygen atoms in total. The molecule has 1 aliphatic rings. The van der Waals surface area contributed by atoms with Crippen molar-refractivity contribution >= 4 is 15.8 Å². The number of guanidine groups is 1. The maximum atomic E-state index is 12.8. The van der Waals surface area contributed by atoms with Crippen LogP contribution >= 0.6 is 0 Å². The molecule has 0 spiro atoms. The fraction of sp³-hybridized carbons (Fsp3) is 0.611. The normalized spacial score (nSPS) is 16.0. The number of benzene rings is 1. The van der Waals surface area contributed by atoms with Crippen LogP contribution in [0.4, 0.5) is 8.78 Å². The molecular formula is C18H27F2N3O4S. The first-order valence-corrected chi connectivity index (χ1v) is 11.1. The monoisotopic (exact) mass is 419 g/mol. The molecule has 1 aliphatic carbocycles. The van der Waals surface area contributed by atoms with Crippen LogP contribution in [-0.2, 0) is 16.4 Å². The third-order valence-corrected chi connectivity index (χ3v) is 5.53. The molecule has 0 saturated heterocycles. The lowest BCUT2D eigenvalue weighted by atomic mass is 10.1. The highest BCUT2D eigenvalue weighted by atomic mass is 32.2. The number of nitrogens with one attached hydrogen (secondary N) is 2. The first-order chi connectivity index (χ1) is 13.2. The number of sulfone groups is 1. The smallest absolute Gasteiger partial charge is 0.387 e. The molecule has 10 heteroatoms. The molecule has 2 N–H and O–H groups in total. The minimum atomic E-state index is -3.06. The number of rotatable bonds is 10. The second kappa shape index (κ2) is 9.40. The Hall–Kier alpha value is -2.10. The van der Waals surface area contributed by atoms with Crippen molar-refractivity contribution in [3.63, 3.8) is 0 Å².